The Balaban J connectivity index is 1.72. The van der Waals surface area contributed by atoms with Crippen molar-refractivity contribution in [3.63, 3.8) is 0 Å². The molecule has 0 bridgehead atoms. The molecule has 1 aliphatic carbocycles. The van der Waals surface area contributed by atoms with E-state index in [1.807, 2.05) is 0 Å². The van der Waals surface area contributed by atoms with Gasteiger partial charge in [0.15, 0.2) is 0 Å². The highest BCUT2D eigenvalue weighted by molar-refractivity contribution is 5.31. The lowest BCUT2D eigenvalue weighted by Gasteiger charge is -2.20. The number of hydrogen-bond acceptors (Lipinski definition) is 3. The van der Waals surface area contributed by atoms with Gasteiger partial charge in [0.2, 0.25) is 0 Å². The molecular weight excluding hydrogens is 260 g/mol. The second kappa shape index (κ2) is 6.95. The quantitative estimate of drug-likeness (QED) is 0.566. The van der Waals surface area contributed by atoms with Crippen LogP contribution < -0.4 is 4.74 Å². The van der Waals surface area contributed by atoms with Gasteiger partial charge in [0.1, 0.15) is 5.75 Å². The van der Waals surface area contributed by atoms with Crippen molar-refractivity contribution in [3.05, 3.63) is 29.8 Å². The molecule has 1 saturated carbocycles. The van der Waals surface area contributed by atoms with E-state index in [1.165, 1.54) is 18.4 Å². The van der Waals surface area contributed by atoms with E-state index >= 15 is 0 Å². The molecule has 1 aliphatic rings. The standard InChI is InChI=1S/C18H26N2O/c1-18(2,3)15-5-9-17(10-6-15)21-14-4-12-20(13-11-19)16-7-8-16/h5-6,9-10,16H,4,7-8,12-14H2,1-3H3. The van der Waals surface area contributed by atoms with Crippen molar-refractivity contribution in [1.82, 2.24) is 4.90 Å². The molecule has 0 atom stereocenters. The van der Waals surface area contributed by atoms with Crippen LogP contribution in [0, 0.1) is 11.3 Å². The van der Waals surface area contributed by atoms with Crippen molar-refractivity contribution in [1.29, 1.82) is 5.26 Å². The number of rotatable bonds is 7. The van der Waals surface area contributed by atoms with Gasteiger partial charge in [-0.2, -0.15) is 5.26 Å². The van der Waals surface area contributed by atoms with Crippen LogP contribution >= 0.6 is 0 Å². The Morgan fingerprint density at radius 2 is 1.90 bits per heavy atom. The number of ether oxygens (including phenoxy) is 1. The highest BCUT2D eigenvalue weighted by atomic mass is 16.5. The molecule has 3 heteroatoms. The van der Waals surface area contributed by atoms with Gasteiger partial charge in [0.05, 0.1) is 19.2 Å². The second-order valence-corrected chi connectivity index (χ2v) is 6.84. The molecule has 21 heavy (non-hydrogen) atoms. The van der Waals surface area contributed by atoms with Gasteiger partial charge in [-0.25, -0.2) is 0 Å². The summed E-state index contributed by atoms with van der Waals surface area (Å²) in [5, 5.41) is 8.82. The van der Waals surface area contributed by atoms with Crippen LogP contribution in [0.15, 0.2) is 24.3 Å². The van der Waals surface area contributed by atoms with Gasteiger partial charge in [-0.1, -0.05) is 32.9 Å². The Morgan fingerprint density at radius 3 is 2.43 bits per heavy atom. The minimum atomic E-state index is 0.181. The molecule has 1 fully saturated rings. The van der Waals surface area contributed by atoms with Crippen LogP contribution in [-0.2, 0) is 5.41 Å². The van der Waals surface area contributed by atoms with Crippen LogP contribution in [0.4, 0.5) is 0 Å². The topological polar surface area (TPSA) is 36.3 Å². The van der Waals surface area contributed by atoms with Crippen LogP contribution in [-0.4, -0.2) is 30.6 Å². The Labute approximate surface area is 128 Å². The average molecular weight is 286 g/mol. The van der Waals surface area contributed by atoms with Crippen LogP contribution in [0.2, 0.25) is 0 Å². The number of nitriles is 1. The Morgan fingerprint density at radius 1 is 1.24 bits per heavy atom. The fourth-order valence-corrected chi connectivity index (χ4v) is 2.43. The monoisotopic (exact) mass is 286 g/mol. The van der Waals surface area contributed by atoms with Crippen molar-refractivity contribution in [2.24, 2.45) is 0 Å². The maximum absolute atomic E-state index is 8.82. The summed E-state index contributed by atoms with van der Waals surface area (Å²) in [4.78, 5) is 2.27. The zero-order chi connectivity index (χ0) is 15.3. The van der Waals surface area contributed by atoms with E-state index < -0.39 is 0 Å². The Bertz CT molecular complexity index is 477. The van der Waals surface area contributed by atoms with Gasteiger partial charge >= 0.3 is 0 Å². The second-order valence-electron chi connectivity index (χ2n) is 6.84. The molecule has 3 nitrogen and oxygen atoms in total. The first kappa shape index (κ1) is 15.9. The first-order valence-electron chi connectivity index (χ1n) is 7.85. The maximum atomic E-state index is 8.82. The number of nitrogens with zero attached hydrogens (tertiary/aromatic N) is 2. The summed E-state index contributed by atoms with van der Waals surface area (Å²) in [6.45, 7) is 8.85. The molecule has 0 aliphatic heterocycles. The summed E-state index contributed by atoms with van der Waals surface area (Å²) in [5.74, 6) is 0.932. The first-order chi connectivity index (χ1) is 10.0. The van der Waals surface area contributed by atoms with E-state index in [9.17, 15) is 0 Å². The minimum Gasteiger partial charge on any atom is -0.494 e. The number of hydrogen-bond donors (Lipinski definition) is 0. The third-order valence-electron chi connectivity index (χ3n) is 3.92. The molecule has 2 rings (SSSR count). The van der Waals surface area contributed by atoms with Crippen LogP contribution in [0.5, 0.6) is 5.75 Å². The van der Waals surface area contributed by atoms with E-state index in [2.05, 4.69) is 56.0 Å². The summed E-state index contributed by atoms with van der Waals surface area (Å²) >= 11 is 0. The Kier molecular flexibility index (Phi) is 5.25. The average Bonchev–Trinajstić information content (AvgIpc) is 3.26. The fraction of sp³-hybridized carbons (Fsp3) is 0.611. The normalized spacial score (nSPS) is 15.0. The molecule has 0 heterocycles. The lowest BCUT2D eigenvalue weighted by molar-refractivity contribution is 0.244. The molecule has 0 radical (unpaired) electrons. The van der Waals surface area contributed by atoms with Crippen molar-refractivity contribution >= 4 is 0 Å². The summed E-state index contributed by atoms with van der Waals surface area (Å²) in [6, 6.07) is 11.3. The van der Waals surface area contributed by atoms with E-state index in [0.717, 1.165) is 18.7 Å². The van der Waals surface area contributed by atoms with Gasteiger partial charge in [-0.3, -0.25) is 4.90 Å². The molecule has 0 N–H and O–H groups in total. The van der Waals surface area contributed by atoms with Gasteiger partial charge in [-0.15, -0.1) is 0 Å². The molecule has 1 aromatic rings. The van der Waals surface area contributed by atoms with Crippen LogP contribution in [0.25, 0.3) is 0 Å². The highest BCUT2D eigenvalue weighted by Gasteiger charge is 2.28. The van der Waals surface area contributed by atoms with E-state index in [-0.39, 0.29) is 5.41 Å². The smallest absolute Gasteiger partial charge is 0.119 e. The van der Waals surface area contributed by atoms with Crippen LogP contribution in [0.1, 0.15) is 45.6 Å². The fourth-order valence-electron chi connectivity index (χ4n) is 2.43. The van der Waals surface area contributed by atoms with Gasteiger partial charge in [-0.05, 0) is 42.4 Å². The van der Waals surface area contributed by atoms with Crippen molar-refractivity contribution in [3.8, 4) is 11.8 Å². The third kappa shape index (κ3) is 5.06. The summed E-state index contributed by atoms with van der Waals surface area (Å²) in [5.41, 5.74) is 1.50. The summed E-state index contributed by atoms with van der Waals surface area (Å²) in [6.07, 6.45) is 3.47. The van der Waals surface area contributed by atoms with Crippen molar-refractivity contribution in [2.45, 2.75) is 51.5 Å². The van der Waals surface area contributed by atoms with Crippen LogP contribution in [0.3, 0.4) is 0 Å². The molecular formula is C18H26N2O. The third-order valence-corrected chi connectivity index (χ3v) is 3.92. The first-order valence-corrected chi connectivity index (χ1v) is 7.85. The van der Waals surface area contributed by atoms with E-state index in [0.29, 0.717) is 19.2 Å². The minimum absolute atomic E-state index is 0.181. The predicted molar refractivity (Wildman–Crippen MR) is 85.5 cm³/mol. The summed E-state index contributed by atoms with van der Waals surface area (Å²) < 4.78 is 5.79. The zero-order valence-corrected chi connectivity index (χ0v) is 13.4. The zero-order valence-electron chi connectivity index (χ0n) is 13.4. The van der Waals surface area contributed by atoms with Gasteiger partial charge < -0.3 is 4.74 Å². The SMILES string of the molecule is CC(C)(C)c1ccc(OCCCN(CC#N)C2CC2)cc1. The molecule has 0 unspecified atom stereocenters. The predicted octanol–water partition coefficient (Wildman–Crippen LogP) is 3.74. The molecule has 114 valence electrons. The Hall–Kier alpha value is -1.53. The highest BCUT2D eigenvalue weighted by Crippen LogP contribution is 2.27. The van der Waals surface area contributed by atoms with E-state index in [1.54, 1.807) is 0 Å². The molecule has 0 spiro atoms. The van der Waals surface area contributed by atoms with E-state index in [4.69, 9.17) is 10.00 Å². The van der Waals surface area contributed by atoms with Gasteiger partial charge in [0.25, 0.3) is 0 Å². The van der Waals surface area contributed by atoms with Crippen molar-refractivity contribution < 1.29 is 4.74 Å². The molecule has 0 aromatic heterocycles. The van der Waals surface area contributed by atoms with Gasteiger partial charge in [0, 0.05) is 12.6 Å². The largest absolute Gasteiger partial charge is 0.494 e. The molecule has 0 saturated heterocycles. The van der Waals surface area contributed by atoms with Crippen molar-refractivity contribution in [2.75, 3.05) is 19.7 Å². The number of benzene rings is 1. The molecule has 1 aromatic carbocycles. The molecule has 0 amide bonds. The maximum Gasteiger partial charge on any atom is 0.119 e. The summed E-state index contributed by atoms with van der Waals surface area (Å²) in [7, 11) is 0. The lowest BCUT2D eigenvalue weighted by atomic mass is 9.87. The lowest BCUT2D eigenvalue weighted by Crippen LogP contribution is -2.28.